The molecular weight excluding hydrogens is 295 g/mol. The highest BCUT2D eigenvalue weighted by atomic mass is 35.5. The van der Waals surface area contributed by atoms with Gasteiger partial charge in [0, 0.05) is 28.5 Å². The third-order valence-electron chi connectivity index (χ3n) is 2.94. The van der Waals surface area contributed by atoms with E-state index in [1.165, 1.54) is 0 Å². The molecule has 0 radical (unpaired) electrons. The van der Waals surface area contributed by atoms with E-state index in [2.05, 4.69) is 15.2 Å². The molecule has 0 unspecified atom stereocenters. The van der Waals surface area contributed by atoms with Crippen LogP contribution in [0.5, 0.6) is 0 Å². The van der Waals surface area contributed by atoms with E-state index in [9.17, 15) is 0 Å². The number of rotatable bonds is 2. The van der Waals surface area contributed by atoms with Gasteiger partial charge >= 0.3 is 0 Å². The fourth-order valence-electron chi connectivity index (χ4n) is 2.05. The van der Waals surface area contributed by atoms with E-state index in [0.717, 1.165) is 22.4 Å². The van der Waals surface area contributed by atoms with Gasteiger partial charge in [-0.2, -0.15) is 5.10 Å². The van der Waals surface area contributed by atoms with E-state index in [1.54, 1.807) is 24.5 Å². The minimum absolute atomic E-state index is 0.402. The highest BCUT2D eigenvalue weighted by molar-refractivity contribution is 6.36. The third kappa shape index (κ3) is 2.24. The van der Waals surface area contributed by atoms with Crippen molar-refractivity contribution in [1.29, 1.82) is 0 Å². The van der Waals surface area contributed by atoms with E-state index in [4.69, 9.17) is 28.9 Å². The molecule has 0 atom stereocenters. The zero-order valence-electron chi connectivity index (χ0n) is 10.3. The predicted octanol–water partition coefficient (Wildman–Crippen LogP) is 4.03. The summed E-state index contributed by atoms with van der Waals surface area (Å²) in [5.74, 6) is 0.402. The molecule has 0 spiro atoms. The Morgan fingerprint density at radius 2 is 2.00 bits per heavy atom. The Kier molecular flexibility index (Phi) is 3.34. The van der Waals surface area contributed by atoms with Crippen molar-refractivity contribution >= 4 is 29.0 Å². The highest BCUT2D eigenvalue weighted by Crippen LogP contribution is 2.38. The second-order valence-electron chi connectivity index (χ2n) is 4.22. The van der Waals surface area contributed by atoms with E-state index in [1.807, 2.05) is 18.2 Å². The molecule has 2 heterocycles. The van der Waals surface area contributed by atoms with Gasteiger partial charge in [-0.05, 0) is 24.3 Å². The van der Waals surface area contributed by atoms with Crippen molar-refractivity contribution in [3.8, 4) is 22.4 Å². The van der Waals surface area contributed by atoms with Gasteiger partial charge in [0.2, 0.25) is 0 Å². The van der Waals surface area contributed by atoms with Gasteiger partial charge < -0.3 is 5.73 Å². The average Bonchev–Trinajstić information content (AvgIpc) is 2.81. The number of nitrogen functional groups attached to an aromatic ring is 1. The van der Waals surface area contributed by atoms with Gasteiger partial charge in [0.25, 0.3) is 0 Å². The molecule has 2 aromatic heterocycles. The van der Waals surface area contributed by atoms with Crippen LogP contribution in [0.1, 0.15) is 0 Å². The zero-order chi connectivity index (χ0) is 14.1. The standard InChI is InChI=1S/C14H10Cl2N4/c15-9-3-4-10(11(16)6-9)13-12(14(17)20-19-13)8-2-1-5-18-7-8/h1-7H,(H3,17,19,20). The summed E-state index contributed by atoms with van der Waals surface area (Å²) in [6.45, 7) is 0. The zero-order valence-corrected chi connectivity index (χ0v) is 11.8. The molecule has 3 rings (SSSR count). The lowest BCUT2D eigenvalue weighted by molar-refractivity contribution is 1.10. The number of aromatic amines is 1. The summed E-state index contributed by atoms with van der Waals surface area (Å²) in [5.41, 5.74) is 9.14. The van der Waals surface area contributed by atoms with Crippen molar-refractivity contribution in [2.75, 3.05) is 5.73 Å². The van der Waals surface area contributed by atoms with E-state index >= 15 is 0 Å². The minimum atomic E-state index is 0.402. The molecule has 0 aliphatic heterocycles. The molecular formula is C14H10Cl2N4. The van der Waals surface area contributed by atoms with Crippen LogP contribution in [-0.4, -0.2) is 15.2 Å². The van der Waals surface area contributed by atoms with Gasteiger partial charge in [0.1, 0.15) is 0 Å². The molecule has 0 fully saturated rings. The Bertz CT molecular complexity index is 753. The largest absolute Gasteiger partial charge is 0.382 e. The highest BCUT2D eigenvalue weighted by Gasteiger charge is 2.17. The van der Waals surface area contributed by atoms with Crippen LogP contribution in [-0.2, 0) is 0 Å². The first-order valence-corrected chi connectivity index (χ1v) is 6.62. The SMILES string of the molecule is Nc1n[nH]c(-c2ccc(Cl)cc2Cl)c1-c1cccnc1. The van der Waals surface area contributed by atoms with Crippen LogP contribution in [0.15, 0.2) is 42.7 Å². The van der Waals surface area contributed by atoms with Crippen molar-refractivity contribution in [3.05, 3.63) is 52.8 Å². The first-order chi connectivity index (χ1) is 9.66. The number of hydrogen-bond acceptors (Lipinski definition) is 3. The summed E-state index contributed by atoms with van der Waals surface area (Å²) in [6.07, 6.45) is 3.43. The molecule has 0 saturated heterocycles. The van der Waals surface area contributed by atoms with Gasteiger partial charge in [-0.3, -0.25) is 10.1 Å². The molecule has 3 aromatic rings. The number of nitrogens with zero attached hydrogens (tertiary/aromatic N) is 2. The maximum absolute atomic E-state index is 6.24. The Morgan fingerprint density at radius 3 is 2.70 bits per heavy atom. The number of nitrogens with two attached hydrogens (primary N) is 1. The van der Waals surface area contributed by atoms with Crippen molar-refractivity contribution in [2.24, 2.45) is 0 Å². The molecule has 3 N–H and O–H groups in total. The van der Waals surface area contributed by atoms with Gasteiger partial charge in [-0.1, -0.05) is 29.3 Å². The van der Waals surface area contributed by atoms with Crippen molar-refractivity contribution in [2.45, 2.75) is 0 Å². The number of H-pyrrole nitrogens is 1. The van der Waals surface area contributed by atoms with Crippen LogP contribution in [0, 0.1) is 0 Å². The molecule has 0 bridgehead atoms. The van der Waals surface area contributed by atoms with Crippen LogP contribution in [0.2, 0.25) is 10.0 Å². The lowest BCUT2D eigenvalue weighted by atomic mass is 10.0. The monoisotopic (exact) mass is 304 g/mol. The number of hydrogen-bond donors (Lipinski definition) is 2. The summed E-state index contributed by atoms with van der Waals surface area (Å²) in [7, 11) is 0. The molecule has 1 aromatic carbocycles. The Labute approximate surface area is 125 Å². The maximum Gasteiger partial charge on any atom is 0.153 e. The number of aromatic nitrogens is 3. The van der Waals surface area contributed by atoms with Crippen LogP contribution in [0.3, 0.4) is 0 Å². The summed E-state index contributed by atoms with van der Waals surface area (Å²) in [4.78, 5) is 4.10. The normalized spacial score (nSPS) is 10.7. The average molecular weight is 305 g/mol. The number of anilines is 1. The van der Waals surface area contributed by atoms with Crippen molar-refractivity contribution in [3.63, 3.8) is 0 Å². The Morgan fingerprint density at radius 1 is 1.15 bits per heavy atom. The van der Waals surface area contributed by atoms with Gasteiger partial charge in [-0.25, -0.2) is 0 Å². The van der Waals surface area contributed by atoms with Gasteiger partial charge in [0.15, 0.2) is 5.82 Å². The third-order valence-corrected chi connectivity index (χ3v) is 3.49. The van der Waals surface area contributed by atoms with E-state index in [0.29, 0.717) is 15.9 Å². The molecule has 0 amide bonds. The maximum atomic E-state index is 6.24. The lowest BCUT2D eigenvalue weighted by Crippen LogP contribution is -1.89. The minimum Gasteiger partial charge on any atom is -0.382 e. The first-order valence-electron chi connectivity index (χ1n) is 5.86. The van der Waals surface area contributed by atoms with Crippen molar-refractivity contribution in [1.82, 2.24) is 15.2 Å². The first kappa shape index (κ1) is 13.0. The molecule has 0 aliphatic rings. The Balaban J connectivity index is 2.21. The topological polar surface area (TPSA) is 67.6 Å². The molecule has 20 heavy (non-hydrogen) atoms. The second kappa shape index (κ2) is 5.15. The number of halogens is 2. The number of benzene rings is 1. The van der Waals surface area contributed by atoms with Crippen LogP contribution in [0.4, 0.5) is 5.82 Å². The number of nitrogens with one attached hydrogen (secondary N) is 1. The fraction of sp³-hybridized carbons (Fsp3) is 0. The number of pyridine rings is 1. The molecule has 0 saturated carbocycles. The van der Waals surface area contributed by atoms with Gasteiger partial charge in [-0.15, -0.1) is 0 Å². The Hall–Kier alpha value is -2.04. The summed E-state index contributed by atoms with van der Waals surface area (Å²) < 4.78 is 0. The summed E-state index contributed by atoms with van der Waals surface area (Å²) >= 11 is 12.2. The van der Waals surface area contributed by atoms with Crippen LogP contribution in [0.25, 0.3) is 22.4 Å². The van der Waals surface area contributed by atoms with Crippen LogP contribution < -0.4 is 5.73 Å². The smallest absolute Gasteiger partial charge is 0.153 e. The summed E-state index contributed by atoms with van der Waals surface area (Å²) in [5, 5.41) is 8.10. The molecule has 0 aliphatic carbocycles. The lowest BCUT2D eigenvalue weighted by Gasteiger charge is -2.06. The van der Waals surface area contributed by atoms with E-state index < -0.39 is 0 Å². The van der Waals surface area contributed by atoms with Gasteiger partial charge in [0.05, 0.1) is 16.3 Å². The van der Waals surface area contributed by atoms with Crippen LogP contribution >= 0.6 is 23.2 Å². The fourth-order valence-corrected chi connectivity index (χ4v) is 2.55. The second-order valence-corrected chi connectivity index (χ2v) is 5.07. The quantitative estimate of drug-likeness (QED) is 0.751. The predicted molar refractivity (Wildman–Crippen MR) is 81.7 cm³/mol. The van der Waals surface area contributed by atoms with Crippen molar-refractivity contribution < 1.29 is 0 Å². The molecule has 4 nitrogen and oxygen atoms in total. The summed E-state index contributed by atoms with van der Waals surface area (Å²) in [6, 6.07) is 9.05. The van der Waals surface area contributed by atoms with E-state index in [-0.39, 0.29) is 0 Å². The molecule has 6 heteroatoms. The molecule has 100 valence electrons.